The summed E-state index contributed by atoms with van der Waals surface area (Å²) in [5, 5.41) is 20.4. The number of hydroxylamine groups is 2. The molecule has 0 amide bonds. The zero-order valence-corrected chi connectivity index (χ0v) is 24.8. The van der Waals surface area contributed by atoms with Gasteiger partial charge in [0, 0.05) is 43.7 Å². The number of aryl methyl sites for hydroxylation is 1. The van der Waals surface area contributed by atoms with Crippen LogP contribution < -0.4 is 15.7 Å². The molecule has 44 heavy (non-hydrogen) atoms. The van der Waals surface area contributed by atoms with Gasteiger partial charge in [0.05, 0.1) is 23.4 Å². The minimum Gasteiger partial charge on any atom is -0.628 e. The van der Waals surface area contributed by atoms with E-state index in [1.807, 2.05) is 33.2 Å². The van der Waals surface area contributed by atoms with Gasteiger partial charge in [-0.15, -0.1) is 0 Å². The molecular formula is C31H37F6N5O2. The summed E-state index contributed by atoms with van der Waals surface area (Å²) in [7, 11) is 4.08. The van der Waals surface area contributed by atoms with Gasteiger partial charge < -0.3 is 25.2 Å². The first-order valence-electron chi connectivity index (χ1n) is 14.6. The van der Waals surface area contributed by atoms with Crippen molar-refractivity contribution in [1.82, 2.24) is 20.4 Å². The first-order valence-corrected chi connectivity index (χ1v) is 14.6. The van der Waals surface area contributed by atoms with Crippen molar-refractivity contribution in [2.45, 2.75) is 56.9 Å². The number of likely N-dealkylation sites (tertiary alicyclic amines) is 1. The quantitative estimate of drug-likeness (QED) is 0.344. The van der Waals surface area contributed by atoms with Crippen molar-refractivity contribution in [3.63, 3.8) is 0 Å². The summed E-state index contributed by atoms with van der Waals surface area (Å²) in [5.41, 5.74) is -0.838. The molecule has 0 aromatic heterocycles. The van der Waals surface area contributed by atoms with Crippen LogP contribution in [-0.4, -0.2) is 68.5 Å². The molecule has 2 aromatic rings. The maximum Gasteiger partial charge on any atom is 0.416 e. The number of ether oxygens (including phenoxy) is 1. The van der Waals surface area contributed by atoms with Crippen LogP contribution in [0.2, 0.25) is 0 Å². The lowest BCUT2D eigenvalue weighted by Gasteiger charge is -2.43. The van der Waals surface area contributed by atoms with E-state index in [0.717, 1.165) is 18.4 Å². The van der Waals surface area contributed by atoms with Crippen LogP contribution >= 0.6 is 0 Å². The van der Waals surface area contributed by atoms with Gasteiger partial charge in [0.2, 0.25) is 0 Å². The molecule has 7 nitrogen and oxygen atoms in total. The summed E-state index contributed by atoms with van der Waals surface area (Å²) >= 11 is 0. The van der Waals surface area contributed by atoms with E-state index >= 15 is 0 Å². The molecule has 3 aliphatic rings. The van der Waals surface area contributed by atoms with Crippen LogP contribution in [0.25, 0.3) is 5.70 Å². The summed E-state index contributed by atoms with van der Waals surface area (Å²) in [6, 6.07) is 8.09. The third-order valence-corrected chi connectivity index (χ3v) is 8.64. The summed E-state index contributed by atoms with van der Waals surface area (Å²) in [6.45, 7) is 3.79. The molecule has 0 aliphatic carbocycles. The molecule has 0 spiro atoms. The Hall–Kier alpha value is -3.10. The van der Waals surface area contributed by atoms with Crippen LogP contribution in [0.4, 0.5) is 26.3 Å². The van der Waals surface area contributed by atoms with Gasteiger partial charge >= 0.3 is 12.4 Å². The minimum atomic E-state index is -5.00. The normalized spacial score (nSPS) is 25.4. The zero-order chi connectivity index (χ0) is 31.8. The van der Waals surface area contributed by atoms with Crippen molar-refractivity contribution >= 4 is 5.70 Å². The lowest BCUT2D eigenvalue weighted by atomic mass is 9.93. The standard InChI is InChI=1S/C31H37F6N5O2/c1-19-6-4-5-7-24(19)27-16-28(41-10-8-23(9-11-41)40(2)3)44-29-25(17-38-18-39-29)26(42(27)43)14-20-12-21(30(32,33)34)15-22(13-20)31(35,36)37/h4-7,12-13,15-16,23,26,28,38-39,42H,8-11,14,17-18H2,1-3H3/b27-16-. The number of hydrogen-bond donors (Lipinski definition) is 3. The second-order valence-corrected chi connectivity index (χ2v) is 11.8. The maximum absolute atomic E-state index is 14.6. The van der Waals surface area contributed by atoms with Crippen molar-refractivity contribution in [2.75, 3.05) is 40.4 Å². The van der Waals surface area contributed by atoms with E-state index in [1.165, 1.54) is 0 Å². The number of alkyl halides is 6. The molecule has 0 bridgehead atoms. The molecule has 0 radical (unpaired) electrons. The van der Waals surface area contributed by atoms with Gasteiger partial charge in [-0.3, -0.25) is 10.2 Å². The Morgan fingerprint density at radius 2 is 1.64 bits per heavy atom. The van der Waals surface area contributed by atoms with Crippen LogP contribution in [-0.2, 0) is 23.5 Å². The minimum absolute atomic E-state index is 0.101. The summed E-state index contributed by atoms with van der Waals surface area (Å²) in [5.74, 6) is 0.324. The fourth-order valence-corrected chi connectivity index (χ4v) is 6.18. The number of rotatable bonds is 5. The molecule has 1 fully saturated rings. The predicted octanol–water partition coefficient (Wildman–Crippen LogP) is 4.11. The van der Waals surface area contributed by atoms with E-state index in [1.54, 1.807) is 18.2 Å². The van der Waals surface area contributed by atoms with E-state index in [-0.39, 0.29) is 29.7 Å². The number of nitrogens with zero attached hydrogens (tertiary/aromatic N) is 2. The Morgan fingerprint density at radius 1 is 1.00 bits per heavy atom. The SMILES string of the molecule is Cc1ccccc1/C1=C/C(N2CCC(N(C)C)CC2)OC2=C(CNCN2)C(Cc2cc(C(F)(F)F)cc(C(F)(F)F)c2)[NH+]1[O-]. The van der Waals surface area contributed by atoms with Gasteiger partial charge in [-0.05, 0) is 69.3 Å². The molecule has 3 unspecified atom stereocenters. The van der Waals surface area contributed by atoms with Crippen LogP contribution in [0.3, 0.4) is 0 Å². The molecule has 3 N–H and O–H groups in total. The maximum atomic E-state index is 14.6. The lowest BCUT2D eigenvalue weighted by molar-refractivity contribution is -0.793. The van der Waals surface area contributed by atoms with Crippen LogP contribution in [0, 0.1) is 12.1 Å². The van der Waals surface area contributed by atoms with Gasteiger partial charge in [-0.1, -0.05) is 18.2 Å². The fraction of sp³-hybridized carbons (Fsp3) is 0.484. The topological polar surface area (TPSA) is 67.3 Å². The third-order valence-electron chi connectivity index (χ3n) is 8.64. The monoisotopic (exact) mass is 625 g/mol. The molecule has 1 saturated heterocycles. The molecule has 2 aromatic carbocycles. The summed E-state index contributed by atoms with van der Waals surface area (Å²) in [4.78, 5) is 4.34. The number of piperidine rings is 1. The molecule has 3 atom stereocenters. The molecule has 5 rings (SSSR count). The Balaban J connectivity index is 1.60. The van der Waals surface area contributed by atoms with E-state index in [4.69, 9.17) is 4.74 Å². The highest BCUT2D eigenvalue weighted by atomic mass is 19.4. The van der Waals surface area contributed by atoms with E-state index in [2.05, 4.69) is 20.4 Å². The van der Waals surface area contributed by atoms with Gasteiger partial charge in [0.15, 0.2) is 12.1 Å². The van der Waals surface area contributed by atoms with Crippen molar-refractivity contribution in [3.05, 3.63) is 93.0 Å². The highest BCUT2D eigenvalue weighted by molar-refractivity contribution is 5.62. The van der Waals surface area contributed by atoms with E-state index < -0.39 is 35.7 Å². The summed E-state index contributed by atoms with van der Waals surface area (Å²) in [6.07, 6.45) is -7.43. The predicted molar refractivity (Wildman–Crippen MR) is 154 cm³/mol. The zero-order valence-electron chi connectivity index (χ0n) is 24.8. The van der Waals surface area contributed by atoms with Gasteiger partial charge in [-0.25, -0.2) is 0 Å². The third kappa shape index (κ3) is 7.07. The fourth-order valence-electron chi connectivity index (χ4n) is 6.18. The van der Waals surface area contributed by atoms with Gasteiger partial charge in [-0.2, -0.15) is 26.3 Å². The van der Waals surface area contributed by atoms with E-state index in [9.17, 15) is 31.5 Å². The van der Waals surface area contributed by atoms with Crippen LogP contribution in [0.5, 0.6) is 0 Å². The average Bonchev–Trinajstić information content (AvgIpc) is 2.97. The van der Waals surface area contributed by atoms with Crippen LogP contribution in [0.1, 0.15) is 40.7 Å². The first-order chi connectivity index (χ1) is 20.7. The Kier molecular flexibility index (Phi) is 9.34. The number of nitrogens with one attached hydrogen (secondary N) is 3. The molecule has 13 heteroatoms. The summed E-state index contributed by atoms with van der Waals surface area (Å²) < 4.78 is 88.7. The number of halogens is 6. The smallest absolute Gasteiger partial charge is 0.416 e. The van der Waals surface area contributed by atoms with E-state index in [0.29, 0.717) is 60.6 Å². The van der Waals surface area contributed by atoms with Gasteiger partial charge in [0.25, 0.3) is 0 Å². The van der Waals surface area contributed by atoms with Crippen molar-refractivity contribution in [2.24, 2.45) is 0 Å². The van der Waals surface area contributed by atoms with Crippen molar-refractivity contribution in [1.29, 1.82) is 0 Å². The van der Waals surface area contributed by atoms with Gasteiger partial charge in [0.1, 0.15) is 11.7 Å². The molecular weight excluding hydrogens is 588 g/mol. The van der Waals surface area contributed by atoms with Crippen molar-refractivity contribution < 1.29 is 36.1 Å². The molecule has 0 saturated carbocycles. The number of benzene rings is 2. The Labute approximate surface area is 252 Å². The average molecular weight is 626 g/mol. The lowest BCUT2D eigenvalue weighted by Crippen LogP contribution is -3.09. The Morgan fingerprint density at radius 3 is 2.23 bits per heavy atom. The highest BCUT2D eigenvalue weighted by Crippen LogP contribution is 2.37. The second-order valence-electron chi connectivity index (χ2n) is 11.8. The largest absolute Gasteiger partial charge is 0.628 e. The van der Waals surface area contributed by atoms with Crippen molar-refractivity contribution in [3.8, 4) is 0 Å². The van der Waals surface area contributed by atoms with Crippen LogP contribution in [0.15, 0.2) is 60.0 Å². The Bertz CT molecular complexity index is 1370. The highest BCUT2D eigenvalue weighted by Gasteiger charge is 2.40. The molecule has 3 aliphatic heterocycles. The molecule has 3 heterocycles. The first kappa shape index (κ1) is 32.3. The second kappa shape index (κ2) is 12.7. The molecule has 240 valence electrons. The number of quaternary nitrogens is 1. The number of hydrogen-bond acceptors (Lipinski definition) is 6.